The minimum atomic E-state index is 0.796. The van der Waals surface area contributed by atoms with Crippen molar-refractivity contribution in [3.05, 3.63) is 33.7 Å². The summed E-state index contributed by atoms with van der Waals surface area (Å²) in [5, 5.41) is 9.93. The molecule has 1 aliphatic rings. The molecule has 6 nitrogen and oxygen atoms in total. The van der Waals surface area contributed by atoms with Crippen LogP contribution in [0.5, 0.6) is 0 Å². The van der Waals surface area contributed by atoms with Gasteiger partial charge in [-0.3, -0.25) is 10.1 Å². The van der Waals surface area contributed by atoms with Gasteiger partial charge in [-0.2, -0.15) is 10.2 Å². The number of thiophene rings is 1. The van der Waals surface area contributed by atoms with Gasteiger partial charge in [0.2, 0.25) is 0 Å². The van der Waals surface area contributed by atoms with Gasteiger partial charge in [0.05, 0.1) is 17.3 Å². The Bertz CT molecular complexity index is 920. The lowest BCUT2D eigenvalue weighted by molar-refractivity contribution is 0.731. The van der Waals surface area contributed by atoms with E-state index < -0.39 is 0 Å². The quantitative estimate of drug-likeness (QED) is 0.593. The zero-order valence-electron chi connectivity index (χ0n) is 13.4. The number of anilines is 1. The second-order valence-electron chi connectivity index (χ2n) is 5.84. The molecule has 0 spiro atoms. The number of hydrogen-bond donors (Lipinski definition) is 1. The van der Waals surface area contributed by atoms with Crippen molar-refractivity contribution in [2.45, 2.75) is 33.1 Å². The predicted octanol–water partition coefficient (Wildman–Crippen LogP) is 2.98. The first-order valence-electron chi connectivity index (χ1n) is 7.69. The number of hydrogen-bond acceptors (Lipinski definition) is 6. The van der Waals surface area contributed by atoms with Gasteiger partial charge in [-0.05, 0) is 38.7 Å². The standard InChI is InChI=1S/C16H18N6S/c1-9-12(10(2)22(3)21-9)7-19-20-15-14-11-5-4-6-13(11)23-16(14)18-8-17-15/h7-8H,4-6H2,1-3H3,(H,17,18,20)/b19-7-. The molecule has 4 rings (SSSR count). The predicted molar refractivity (Wildman–Crippen MR) is 93.3 cm³/mol. The molecular formula is C16H18N6S. The van der Waals surface area contributed by atoms with Crippen LogP contribution < -0.4 is 5.43 Å². The summed E-state index contributed by atoms with van der Waals surface area (Å²) in [6.07, 6.45) is 6.92. The molecule has 3 aromatic heterocycles. The fourth-order valence-electron chi connectivity index (χ4n) is 3.15. The molecule has 0 atom stereocenters. The van der Waals surface area contributed by atoms with Crippen LogP contribution in [0.25, 0.3) is 10.2 Å². The SMILES string of the molecule is Cc1nn(C)c(C)c1/C=N\Nc1ncnc2sc3c(c12)CCC3. The fourth-order valence-corrected chi connectivity index (χ4v) is 4.38. The number of rotatable bonds is 3. The minimum absolute atomic E-state index is 0.796. The van der Waals surface area contributed by atoms with Gasteiger partial charge in [0, 0.05) is 23.2 Å². The van der Waals surface area contributed by atoms with Gasteiger partial charge in [-0.1, -0.05) is 0 Å². The van der Waals surface area contributed by atoms with Crippen molar-refractivity contribution in [1.29, 1.82) is 0 Å². The Balaban J connectivity index is 1.67. The maximum absolute atomic E-state index is 4.41. The third-order valence-corrected chi connectivity index (χ3v) is 5.63. The topological polar surface area (TPSA) is 68.0 Å². The number of hydrazone groups is 1. The molecule has 3 aromatic rings. The van der Waals surface area contributed by atoms with Crippen LogP contribution in [0, 0.1) is 13.8 Å². The molecule has 0 aromatic carbocycles. The van der Waals surface area contributed by atoms with E-state index in [4.69, 9.17) is 0 Å². The van der Waals surface area contributed by atoms with Crippen molar-refractivity contribution in [2.24, 2.45) is 12.1 Å². The molecule has 0 bridgehead atoms. The number of fused-ring (bicyclic) bond motifs is 3. The van der Waals surface area contributed by atoms with Crippen LogP contribution in [0.3, 0.4) is 0 Å². The number of nitrogens with one attached hydrogen (secondary N) is 1. The van der Waals surface area contributed by atoms with Crippen LogP contribution in [0.15, 0.2) is 11.4 Å². The first kappa shape index (κ1) is 14.3. The summed E-state index contributed by atoms with van der Waals surface area (Å²) < 4.78 is 1.87. The van der Waals surface area contributed by atoms with E-state index in [2.05, 4.69) is 25.6 Å². The molecule has 3 heterocycles. The van der Waals surface area contributed by atoms with E-state index in [1.807, 2.05) is 31.8 Å². The van der Waals surface area contributed by atoms with E-state index in [0.717, 1.165) is 45.8 Å². The summed E-state index contributed by atoms with van der Waals surface area (Å²) in [6.45, 7) is 4.03. The number of aromatic nitrogens is 4. The highest BCUT2D eigenvalue weighted by atomic mass is 32.1. The molecule has 0 saturated heterocycles. The molecule has 0 saturated carbocycles. The Morgan fingerprint density at radius 3 is 2.96 bits per heavy atom. The van der Waals surface area contributed by atoms with E-state index in [0.29, 0.717) is 0 Å². The largest absolute Gasteiger partial charge is 0.272 e. The molecule has 0 radical (unpaired) electrons. The van der Waals surface area contributed by atoms with E-state index in [1.54, 1.807) is 17.7 Å². The first-order valence-corrected chi connectivity index (χ1v) is 8.51. The highest BCUT2D eigenvalue weighted by Gasteiger charge is 2.21. The van der Waals surface area contributed by atoms with Crippen molar-refractivity contribution in [3.63, 3.8) is 0 Å². The second-order valence-corrected chi connectivity index (χ2v) is 6.92. The minimum Gasteiger partial charge on any atom is -0.272 e. The lowest BCUT2D eigenvalue weighted by Gasteiger charge is -2.02. The van der Waals surface area contributed by atoms with Crippen LogP contribution >= 0.6 is 11.3 Å². The molecule has 23 heavy (non-hydrogen) atoms. The Morgan fingerprint density at radius 1 is 1.30 bits per heavy atom. The van der Waals surface area contributed by atoms with E-state index in [1.165, 1.54) is 16.9 Å². The lowest BCUT2D eigenvalue weighted by Crippen LogP contribution is -1.97. The lowest BCUT2D eigenvalue weighted by atomic mass is 10.2. The Kier molecular flexibility index (Phi) is 3.37. The first-order chi connectivity index (χ1) is 11.1. The normalized spacial score (nSPS) is 14.0. The second kappa shape index (κ2) is 5.42. The van der Waals surface area contributed by atoms with Crippen molar-refractivity contribution >= 4 is 33.6 Å². The molecule has 118 valence electrons. The summed E-state index contributed by atoms with van der Waals surface area (Å²) in [5.41, 5.74) is 7.61. The van der Waals surface area contributed by atoms with E-state index in [-0.39, 0.29) is 0 Å². The zero-order chi connectivity index (χ0) is 16.0. The van der Waals surface area contributed by atoms with Gasteiger partial charge in [0.15, 0.2) is 5.82 Å². The molecule has 0 aliphatic heterocycles. The average Bonchev–Trinajstić information content (AvgIpc) is 3.16. The zero-order valence-corrected chi connectivity index (χ0v) is 14.2. The van der Waals surface area contributed by atoms with Gasteiger partial charge in [0.1, 0.15) is 11.2 Å². The van der Waals surface area contributed by atoms with Gasteiger partial charge < -0.3 is 0 Å². The Labute approximate surface area is 138 Å². The van der Waals surface area contributed by atoms with Crippen LogP contribution in [0.2, 0.25) is 0 Å². The summed E-state index contributed by atoms with van der Waals surface area (Å²) in [5.74, 6) is 0.796. The Hall–Kier alpha value is -2.28. The van der Waals surface area contributed by atoms with Crippen molar-refractivity contribution in [2.75, 3.05) is 5.43 Å². The van der Waals surface area contributed by atoms with Crippen LogP contribution in [0.1, 0.15) is 33.8 Å². The third kappa shape index (κ3) is 2.31. The third-order valence-electron chi connectivity index (χ3n) is 4.43. The van der Waals surface area contributed by atoms with E-state index in [9.17, 15) is 0 Å². The molecule has 0 amide bonds. The van der Waals surface area contributed by atoms with Gasteiger partial charge >= 0.3 is 0 Å². The van der Waals surface area contributed by atoms with Crippen molar-refractivity contribution in [3.8, 4) is 0 Å². The summed E-state index contributed by atoms with van der Waals surface area (Å²) in [6, 6.07) is 0. The van der Waals surface area contributed by atoms with Crippen LogP contribution in [0.4, 0.5) is 5.82 Å². The molecule has 0 fully saturated rings. The molecule has 7 heteroatoms. The highest BCUT2D eigenvalue weighted by molar-refractivity contribution is 7.19. The fraction of sp³-hybridized carbons (Fsp3) is 0.375. The van der Waals surface area contributed by atoms with Crippen LogP contribution in [-0.4, -0.2) is 26.0 Å². The smallest absolute Gasteiger partial charge is 0.158 e. The van der Waals surface area contributed by atoms with Gasteiger partial charge in [-0.15, -0.1) is 11.3 Å². The molecule has 1 N–H and O–H groups in total. The number of aryl methyl sites for hydroxylation is 4. The van der Waals surface area contributed by atoms with E-state index >= 15 is 0 Å². The van der Waals surface area contributed by atoms with Gasteiger partial charge in [0.25, 0.3) is 0 Å². The molecule has 1 aliphatic carbocycles. The molecule has 0 unspecified atom stereocenters. The maximum atomic E-state index is 4.41. The average molecular weight is 326 g/mol. The highest BCUT2D eigenvalue weighted by Crippen LogP contribution is 2.38. The van der Waals surface area contributed by atoms with Crippen molar-refractivity contribution < 1.29 is 0 Å². The van der Waals surface area contributed by atoms with Crippen molar-refractivity contribution in [1.82, 2.24) is 19.7 Å². The summed E-state index contributed by atoms with van der Waals surface area (Å²) in [7, 11) is 1.94. The summed E-state index contributed by atoms with van der Waals surface area (Å²) >= 11 is 1.78. The Morgan fingerprint density at radius 2 is 2.17 bits per heavy atom. The molecular weight excluding hydrogens is 308 g/mol. The monoisotopic (exact) mass is 326 g/mol. The van der Waals surface area contributed by atoms with Gasteiger partial charge in [-0.25, -0.2) is 9.97 Å². The van der Waals surface area contributed by atoms with Crippen LogP contribution in [-0.2, 0) is 19.9 Å². The maximum Gasteiger partial charge on any atom is 0.158 e. The number of nitrogens with zero attached hydrogens (tertiary/aromatic N) is 5. The summed E-state index contributed by atoms with van der Waals surface area (Å²) in [4.78, 5) is 11.3.